The second kappa shape index (κ2) is 57.2. The lowest BCUT2D eigenvalue weighted by Crippen LogP contribution is -2.30. The van der Waals surface area contributed by atoms with Crippen molar-refractivity contribution in [3.05, 3.63) is 85.1 Å². The summed E-state index contributed by atoms with van der Waals surface area (Å²) in [6.07, 6.45) is 74.3. The molecule has 0 fully saturated rings. The highest BCUT2D eigenvalue weighted by Crippen LogP contribution is 2.15. The summed E-state index contributed by atoms with van der Waals surface area (Å²) in [5.41, 5.74) is 0. The van der Waals surface area contributed by atoms with Crippen LogP contribution in [0.25, 0.3) is 0 Å². The topological polar surface area (TPSA) is 78.9 Å². The van der Waals surface area contributed by atoms with E-state index in [-0.39, 0.29) is 31.1 Å². The largest absolute Gasteiger partial charge is 0.462 e. The van der Waals surface area contributed by atoms with Gasteiger partial charge in [-0.3, -0.25) is 14.4 Å². The second-order valence-electron chi connectivity index (χ2n) is 19.2. The van der Waals surface area contributed by atoms with E-state index in [2.05, 4.69) is 106 Å². The lowest BCUT2D eigenvalue weighted by atomic mass is 10.0. The van der Waals surface area contributed by atoms with Gasteiger partial charge in [0.15, 0.2) is 6.10 Å². The smallest absolute Gasteiger partial charge is 0.306 e. The van der Waals surface area contributed by atoms with Crippen molar-refractivity contribution < 1.29 is 28.6 Å². The van der Waals surface area contributed by atoms with E-state index in [1.807, 2.05) is 0 Å². The Hall–Kier alpha value is -3.41. The van der Waals surface area contributed by atoms with Crippen LogP contribution in [0.5, 0.6) is 0 Å². The molecule has 1 atom stereocenters. The van der Waals surface area contributed by atoms with Gasteiger partial charge < -0.3 is 14.2 Å². The molecule has 6 nitrogen and oxygen atoms in total. The van der Waals surface area contributed by atoms with E-state index in [1.54, 1.807) is 0 Å². The number of esters is 3. The molecule has 0 aromatic carbocycles. The molecular formula is C63H108O6. The van der Waals surface area contributed by atoms with E-state index < -0.39 is 6.10 Å². The number of ether oxygens (including phenoxy) is 3. The zero-order chi connectivity index (χ0) is 50.0. The Morgan fingerprint density at radius 2 is 0.565 bits per heavy atom. The van der Waals surface area contributed by atoms with E-state index in [0.29, 0.717) is 19.3 Å². The normalized spacial score (nSPS) is 12.7. The molecule has 0 saturated carbocycles. The molecular weight excluding hydrogens is 853 g/mol. The summed E-state index contributed by atoms with van der Waals surface area (Å²) in [5.74, 6) is -0.947. The van der Waals surface area contributed by atoms with E-state index >= 15 is 0 Å². The number of hydrogen-bond acceptors (Lipinski definition) is 6. The Morgan fingerprint density at radius 1 is 0.304 bits per heavy atom. The van der Waals surface area contributed by atoms with Crippen LogP contribution in [0.15, 0.2) is 85.1 Å². The first kappa shape index (κ1) is 65.6. The van der Waals surface area contributed by atoms with Crippen LogP contribution in [0.4, 0.5) is 0 Å². The van der Waals surface area contributed by atoms with Crippen LogP contribution in [0.1, 0.15) is 278 Å². The van der Waals surface area contributed by atoms with Gasteiger partial charge >= 0.3 is 17.9 Å². The zero-order valence-corrected chi connectivity index (χ0v) is 45.3. The van der Waals surface area contributed by atoms with Crippen molar-refractivity contribution in [2.24, 2.45) is 0 Å². The van der Waals surface area contributed by atoms with Crippen molar-refractivity contribution in [1.82, 2.24) is 0 Å². The molecule has 0 rings (SSSR count). The number of unbranched alkanes of at least 4 members (excludes halogenated alkanes) is 27. The predicted octanol–water partition coefficient (Wildman–Crippen LogP) is 19.5. The molecule has 0 N–H and O–H groups in total. The minimum Gasteiger partial charge on any atom is -0.462 e. The fraction of sp³-hybridized carbons (Fsp3) is 0.730. The van der Waals surface area contributed by atoms with Crippen LogP contribution in [0, 0.1) is 0 Å². The van der Waals surface area contributed by atoms with Gasteiger partial charge in [-0.25, -0.2) is 0 Å². The summed E-state index contributed by atoms with van der Waals surface area (Å²) in [6.45, 7) is 6.46. The van der Waals surface area contributed by atoms with Gasteiger partial charge in [0.05, 0.1) is 0 Å². The van der Waals surface area contributed by atoms with E-state index in [1.165, 1.54) is 128 Å². The first-order valence-electron chi connectivity index (χ1n) is 29.1. The predicted molar refractivity (Wildman–Crippen MR) is 297 cm³/mol. The first-order valence-corrected chi connectivity index (χ1v) is 29.1. The number of hydrogen-bond donors (Lipinski definition) is 0. The molecule has 0 amide bonds. The number of carbonyl (C=O) groups is 3. The van der Waals surface area contributed by atoms with Gasteiger partial charge in [0.1, 0.15) is 13.2 Å². The third-order valence-corrected chi connectivity index (χ3v) is 12.4. The van der Waals surface area contributed by atoms with Crippen molar-refractivity contribution in [2.75, 3.05) is 13.2 Å². The van der Waals surface area contributed by atoms with E-state index in [9.17, 15) is 14.4 Å². The van der Waals surface area contributed by atoms with Gasteiger partial charge in [-0.15, -0.1) is 0 Å². The molecule has 0 spiro atoms. The van der Waals surface area contributed by atoms with Gasteiger partial charge in [-0.05, 0) is 116 Å². The molecule has 0 radical (unpaired) electrons. The van der Waals surface area contributed by atoms with Gasteiger partial charge in [-0.1, -0.05) is 228 Å². The Bertz CT molecular complexity index is 1330. The lowest BCUT2D eigenvalue weighted by Gasteiger charge is -2.18. The van der Waals surface area contributed by atoms with Crippen LogP contribution in [0.3, 0.4) is 0 Å². The molecule has 0 aliphatic rings. The van der Waals surface area contributed by atoms with E-state index in [4.69, 9.17) is 14.2 Å². The summed E-state index contributed by atoms with van der Waals surface area (Å²) in [6, 6.07) is 0. The summed E-state index contributed by atoms with van der Waals surface area (Å²) in [5, 5.41) is 0. The van der Waals surface area contributed by atoms with Crippen molar-refractivity contribution in [3.63, 3.8) is 0 Å². The lowest BCUT2D eigenvalue weighted by molar-refractivity contribution is -0.167. The standard InChI is InChI=1S/C63H108O6/c1-4-7-10-13-16-19-22-25-28-29-30-31-32-33-36-39-42-45-48-51-54-57-63(66)69-60(58-67-61(64)55-52-49-46-43-40-37-34-26-23-20-17-14-11-8-5-2)59-68-62(65)56-53-50-47-44-41-38-35-27-24-21-18-15-12-9-6-3/h8,11,17-18,20-21,25-28,34-35,41,44,60H,4-7,9-10,12-16,19,22-24,29-33,36-40,42-43,45-59H2,1-3H3/b11-8-,20-17-,21-18-,28-25-,34-26-,35-27-,44-41-/t60-/m1/s1. The Kier molecular flexibility index (Phi) is 54.3. The molecule has 396 valence electrons. The fourth-order valence-electron chi connectivity index (χ4n) is 7.99. The summed E-state index contributed by atoms with van der Waals surface area (Å²) in [4.78, 5) is 38.1. The van der Waals surface area contributed by atoms with Crippen molar-refractivity contribution in [3.8, 4) is 0 Å². The van der Waals surface area contributed by atoms with Crippen molar-refractivity contribution in [2.45, 2.75) is 284 Å². The Balaban J connectivity index is 4.42. The minimum absolute atomic E-state index is 0.0976. The Morgan fingerprint density at radius 3 is 0.957 bits per heavy atom. The van der Waals surface area contributed by atoms with Gasteiger partial charge in [0.25, 0.3) is 0 Å². The van der Waals surface area contributed by atoms with Gasteiger partial charge in [0.2, 0.25) is 0 Å². The van der Waals surface area contributed by atoms with Gasteiger partial charge in [-0.2, -0.15) is 0 Å². The zero-order valence-electron chi connectivity index (χ0n) is 45.3. The van der Waals surface area contributed by atoms with Crippen LogP contribution in [0.2, 0.25) is 0 Å². The SMILES string of the molecule is CC/C=C\C/C=C\C/C=C\CCCCCCCC(=O)OC[C@H](COC(=O)CCCC/C=C\C/C=C\C/C=C\CCCCC)OC(=O)CCCCCCCCCCCCC/C=C\CCCCCCCC. The maximum Gasteiger partial charge on any atom is 0.306 e. The average molecular weight is 962 g/mol. The number of allylic oxidation sites excluding steroid dienone is 14. The molecule has 0 aromatic heterocycles. The molecule has 0 aliphatic heterocycles. The third-order valence-electron chi connectivity index (χ3n) is 12.4. The maximum absolute atomic E-state index is 12.9. The van der Waals surface area contributed by atoms with Crippen LogP contribution in [-0.4, -0.2) is 37.2 Å². The molecule has 0 unspecified atom stereocenters. The van der Waals surface area contributed by atoms with Gasteiger partial charge in [0, 0.05) is 19.3 Å². The quantitative estimate of drug-likeness (QED) is 0.0262. The number of carbonyl (C=O) groups excluding carboxylic acids is 3. The van der Waals surface area contributed by atoms with Crippen LogP contribution >= 0.6 is 0 Å². The summed E-state index contributed by atoms with van der Waals surface area (Å²) >= 11 is 0. The molecule has 0 aliphatic carbocycles. The fourth-order valence-corrected chi connectivity index (χ4v) is 7.99. The molecule has 0 heterocycles. The average Bonchev–Trinajstić information content (AvgIpc) is 3.35. The van der Waals surface area contributed by atoms with Crippen LogP contribution < -0.4 is 0 Å². The minimum atomic E-state index is -0.800. The van der Waals surface area contributed by atoms with E-state index in [0.717, 1.165) is 109 Å². The second-order valence-corrected chi connectivity index (χ2v) is 19.2. The summed E-state index contributed by atoms with van der Waals surface area (Å²) in [7, 11) is 0. The molecule has 6 heteroatoms. The molecule has 0 saturated heterocycles. The summed E-state index contributed by atoms with van der Waals surface area (Å²) < 4.78 is 16.8. The first-order chi connectivity index (χ1) is 34.0. The highest BCUT2D eigenvalue weighted by atomic mass is 16.6. The Labute approximate surface area is 426 Å². The number of rotatable bonds is 52. The van der Waals surface area contributed by atoms with Crippen molar-refractivity contribution >= 4 is 17.9 Å². The third kappa shape index (κ3) is 55.4. The van der Waals surface area contributed by atoms with Crippen molar-refractivity contribution in [1.29, 1.82) is 0 Å². The highest BCUT2D eigenvalue weighted by Gasteiger charge is 2.19. The van der Waals surface area contributed by atoms with Crippen LogP contribution in [-0.2, 0) is 28.6 Å². The maximum atomic E-state index is 12.9. The molecule has 0 bridgehead atoms. The highest BCUT2D eigenvalue weighted by molar-refractivity contribution is 5.71. The molecule has 0 aromatic rings. The monoisotopic (exact) mass is 961 g/mol. The molecule has 69 heavy (non-hydrogen) atoms.